The number of H-pyrrole nitrogens is 1. The fourth-order valence-corrected chi connectivity index (χ4v) is 3.93. The number of benzene rings is 1. The van der Waals surface area contributed by atoms with Crippen molar-refractivity contribution < 1.29 is 19.4 Å². The molecule has 4 rings (SSSR count). The summed E-state index contributed by atoms with van der Waals surface area (Å²) < 4.78 is 5.24. The number of methoxy groups -OCH3 is 1. The van der Waals surface area contributed by atoms with Gasteiger partial charge in [0.25, 0.3) is 11.7 Å². The van der Waals surface area contributed by atoms with Crippen molar-refractivity contribution in [2.75, 3.05) is 44.7 Å². The molecule has 2 aliphatic rings. The Morgan fingerprint density at radius 1 is 1.11 bits per heavy atom. The van der Waals surface area contributed by atoms with Gasteiger partial charge in [-0.25, -0.2) is 4.98 Å². The molecule has 28 heavy (non-hydrogen) atoms. The van der Waals surface area contributed by atoms with Gasteiger partial charge < -0.3 is 14.5 Å². The van der Waals surface area contributed by atoms with Crippen molar-refractivity contribution >= 4 is 11.7 Å². The van der Waals surface area contributed by atoms with Gasteiger partial charge in [-0.2, -0.15) is 0 Å². The van der Waals surface area contributed by atoms with E-state index < -0.39 is 0 Å². The first-order chi connectivity index (χ1) is 13.7. The van der Waals surface area contributed by atoms with Crippen LogP contribution in [0.2, 0.25) is 0 Å². The Balaban J connectivity index is 1.31. The minimum absolute atomic E-state index is 0.284. The summed E-state index contributed by atoms with van der Waals surface area (Å²) in [7, 11) is 1.69. The number of piperazine rings is 1. The first kappa shape index (κ1) is 18.7. The Bertz CT molecular complexity index is 769. The van der Waals surface area contributed by atoms with Gasteiger partial charge in [-0.05, 0) is 30.3 Å². The van der Waals surface area contributed by atoms with Crippen molar-refractivity contribution in [2.45, 2.75) is 25.4 Å². The Hall–Kier alpha value is -2.60. The molecule has 2 aromatic rings. The number of quaternary nitrogens is 1. The average molecular weight is 383 g/mol. The van der Waals surface area contributed by atoms with Crippen LogP contribution in [0.15, 0.2) is 48.7 Å². The quantitative estimate of drug-likeness (QED) is 0.755. The maximum Gasteiger partial charge on any atom is 0.278 e. The topological polar surface area (TPSA) is 51.4 Å². The maximum absolute atomic E-state index is 12.9. The number of hydrogen-bond donors (Lipinski definition) is 1. The van der Waals surface area contributed by atoms with Gasteiger partial charge in [-0.1, -0.05) is 6.07 Å². The van der Waals surface area contributed by atoms with Gasteiger partial charge in [0.05, 0.1) is 32.4 Å². The van der Waals surface area contributed by atoms with E-state index in [1.165, 1.54) is 23.3 Å². The smallest absolute Gasteiger partial charge is 0.278 e. The second-order valence-electron chi connectivity index (χ2n) is 7.75. The molecule has 2 fully saturated rings. The monoisotopic (exact) mass is 382 g/mol. The minimum atomic E-state index is 0.284. The molecule has 1 amide bonds. The fourth-order valence-electron chi connectivity index (χ4n) is 3.93. The summed E-state index contributed by atoms with van der Waals surface area (Å²) in [4.78, 5) is 22.0. The Kier molecular flexibility index (Phi) is 5.76. The summed E-state index contributed by atoms with van der Waals surface area (Å²) in [5, 5.41) is 0. The zero-order valence-corrected chi connectivity index (χ0v) is 16.6. The average Bonchev–Trinajstić information content (AvgIpc) is 3.60. The molecule has 1 aromatic carbocycles. The lowest BCUT2D eigenvalue weighted by atomic mass is 10.2. The third-order valence-electron chi connectivity index (χ3n) is 5.79. The highest BCUT2D eigenvalue weighted by Gasteiger charge is 2.36. The van der Waals surface area contributed by atoms with Crippen LogP contribution in [-0.2, 0) is 11.3 Å². The number of rotatable bonds is 7. The summed E-state index contributed by atoms with van der Waals surface area (Å²) >= 11 is 0. The van der Waals surface area contributed by atoms with Crippen LogP contribution < -0.4 is 19.5 Å². The van der Waals surface area contributed by atoms with Gasteiger partial charge in [0, 0.05) is 24.5 Å². The van der Waals surface area contributed by atoms with E-state index in [4.69, 9.17) is 4.74 Å². The molecule has 2 N–H and O–H groups in total. The van der Waals surface area contributed by atoms with Gasteiger partial charge in [0.1, 0.15) is 25.4 Å². The van der Waals surface area contributed by atoms with E-state index in [1.54, 1.807) is 7.11 Å². The number of carbonyl (C=O) groups is 1. The van der Waals surface area contributed by atoms with Crippen LogP contribution in [0.3, 0.4) is 0 Å². The molecular weight excluding hydrogens is 352 g/mol. The standard InChI is InChI=1S/C22H28N4O2/c1-28-20-9-5-18(6-10-20)16-26(19-7-8-19)17-22(27)25-14-12-24(13-15-25)21-4-2-3-11-23-21/h2-6,9-11,19H,7-8,12-17H2,1H3/p+2. The number of aromatic nitrogens is 1. The highest BCUT2D eigenvalue weighted by atomic mass is 16.5. The van der Waals surface area contributed by atoms with E-state index in [-0.39, 0.29) is 5.91 Å². The molecule has 1 saturated heterocycles. The number of amides is 1. The highest BCUT2D eigenvalue weighted by Crippen LogP contribution is 2.17. The van der Waals surface area contributed by atoms with Crippen LogP contribution in [0.5, 0.6) is 5.75 Å². The number of ether oxygens (including phenoxy) is 1. The SMILES string of the molecule is COc1ccc(C[NH+](CC(=O)N2CCN(c3cccc[nH+]3)CC2)C2CC2)cc1. The first-order valence-electron chi connectivity index (χ1n) is 10.2. The molecule has 1 atom stereocenters. The number of nitrogens with zero attached hydrogens (tertiary/aromatic N) is 2. The van der Waals surface area contributed by atoms with E-state index in [9.17, 15) is 4.79 Å². The van der Waals surface area contributed by atoms with E-state index >= 15 is 0 Å². The van der Waals surface area contributed by atoms with Crippen LogP contribution in [0, 0.1) is 0 Å². The molecule has 0 bridgehead atoms. The largest absolute Gasteiger partial charge is 0.497 e. The number of carbonyl (C=O) groups excluding carboxylic acids is 1. The lowest BCUT2D eigenvalue weighted by Gasteiger charge is -2.31. The zero-order chi connectivity index (χ0) is 19.3. The second-order valence-corrected chi connectivity index (χ2v) is 7.75. The Morgan fingerprint density at radius 2 is 1.86 bits per heavy atom. The van der Waals surface area contributed by atoms with Crippen LogP contribution >= 0.6 is 0 Å². The Labute approximate surface area is 166 Å². The van der Waals surface area contributed by atoms with Crippen molar-refractivity contribution in [3.05, 3.63) is 54.2 Å². The van der Waals surface area contributed by atoms with Crippen LogP contribution in [0.4, 0.5) is 5.82 Å². The molecule has 0 spiro atoms. The highest BCUT2D eigenvalue weighted by molar-refractivity contribution is 5.77. The van der Waals surface area contributed by atoms with Crippen molar-refractivity contribution in [3.63, 3.8) is 0 Å². The van der Waals surface area contributed by atoms with E-state index in [1.807, 2.05) is 35.4 Å². The third-order valence-corrected chi connectivity index (χ3v) is 5.79. The molecule has 1 aliphatic heterocycles. The van der Waals surface area contributed by atoms with Gasteiger partial charge in [-0.15, -0.1) is 0 Å². The summed E-state index contributed by atoms with van der Waals surface area (Å²) in [6, 6.07) is 15.0. The number of nitrogens with one attached hydrogen (secondary N) is 2. The van der Waals surface area contributed by atoms with Gasteiger partial charge in [0.2, 0.25) is 0 Å². The van der Waals surface area contributed by atoms with E-state index in [2.05, 4.69) is 28.1 Å². The van der Waals surface area contributed by atoms with Gasteiger partial charge in [0.15, 0.2) is 6.54 Å². The van der Waals surface area contributed by atoms with Crippen LogP contribution in [0.1, 0.15) is 18.4 Å². The molecule has 0 radical (unpaired) electrons. The van der Waals surface area contributed by atoms with Gasteiger partial charge in [-0.3, -0.25) is 9.69 Å². The molecule has 6 nitrogen and oxygen atoms in total. The molecule has 148 valence electrons. The maximum atomic E-state index is 12.9. The van der Waals surface area contributed by atoms with Crippen LogP contribution in [-0.4, -0.2) is 56.7 Å². The number of anilines is 1. The zero-order valence-electron chi connectivity index (χ0n) is 16.6. The molecule has 1 aromatic heterocycles. The minimum Gasteiger partial charge on any atom is -0.497 e. The molecule has 1 unspecified atom stereocenters. The summed E-state index contributed by atoms with van der Waals surface area (Å²) in [6.07, 6.45) is 4.41. The van der Waals surface area contributed by atoms with Crippen molar-refractivity contribution in [1.29, 1.82) is 0 Å². The fraction of sp³-hybridized carbons (Fsp3) is 0.455. The first-order valence-corrected chi connectivity index (χ1v) is 10.2. The summed E-state index contributed by atoms with van der Waals surface area (Å²) in [5.41, 5.74) is 1.26. The van der Waals surface area contributed by atoms with E-state index in [0.29, 0.717) is 12.6 Å². The summed E-state index contributed by atoms with van der Waals surface area (Å²) in [5.74, 6) is 2.28. The van der Waals surface area contributed by atoms with E-state index in [0.717, 1.165) is 44.3 Å². The van der Waals surface area contributed by atoms with Crippen LogP contribution in [0.25, 0.3) is 0 Å². The molecular formula is C22H30N4O2+2. The summed E-state index contributed by atoms with van der Waals surface area (Å²) in [6.45, 7) is 4.84. The predicted octanol–water partition coefficient (Wildman–Crippen LogP) is 0.405. The number of pyridine rings is 1. The molecule has 6 heteroatoms. The third kappa shape index (κ3) is 4.62. The lowest BCUT2D eigenvalue weighted by molar-refractivity contribution is -0.917. The number of hydrogen-bond acceptors (Lipinski definition) is 3. The Morgan fingerprint density at radius 3 is 2.46 bits per heavy atom. The number of aromatic amines is 1. The van der Waals surface area contributed by atoms with Crippen molar-refractivity contribution in [2.24, 2.45) is 0 Å². The second kappa shape index (κ2) is 8.61. The normalized spacial score (nSPS) is 18.0. The molecule has 2 heterocycles. The predicted molar refractivity (Wildman–Crippen MR) is 107 cm³/mol. The molecule has 1 aliphatic carbocycles. The van der Waals surface area contributed by atoms with Crippen molar-refractivity contribution in [1.82, 2.24) is 4.90 Å². The van der Waals surface area contributed by atoms with Gasteiger partial charge >= 0.3 is 0 Å². The molecule has 1 saturated carbocycles. The lowest BCUT2D eigenvalue weighted by Crippen LogP contribution is -3.13. The van der Waals surface area contributed by atoms with Crippen molar-refractivity contribution in [3.8, 4) is 5.75 Å².